The van der Waals surface area contributed by atoms with Crippen molar-refractivity contribution in [3.05, 3.63) is 0 Å². The van der Waals surface area contributed by atoms with Crippen LogP contribution in [-0.2, 0) is 0 Å². The average molecular weight is 222 g/mol. The van der Waals surface area contributed by atoms with Gasteiger partial charge in [0.15, 0.2) is 0 Å². The summed E-state index contributed by atoms with van der Waals surface area (Å²) in [5.41, 5.74) is 0.704. The van der Waals surface area contributed by atoms with Crippen molar-refractivity contribution in [3.63, 3.8) is 0 Å². The van der Waals surface area contributed by atoms with E-state index >= 15 is 0 Å². The molecule has 0 aromatic rings. The van der Waals surface area contributed by atoms with Crippen LogP contribution in [0.25, 0.3) is 0 Å². The standard InChI is InChI=1S/C14H26N2/c1-12-4-8-16(9-5-12)13-3-6-14(13)7-10-15(2)11-14/h12-13H,3-11H2,1-2H3. The molecule has 1 aliphatic carbocycles. The Morgan fingerprint density at radius 1 is 1.00 bits per heavy atom. The molecule has 0 aromatic heterocycles. The van der Waals surface area contributed by atoms with Gasteiger partial charge in [-0.3, -0.25) is 4.90 Å². The number of hydrogen-bond acceptors (Lipinski definition) is 2. The van der Waals surface area contributed by atoms with Gasteiger partial charge in [-0.05, 0) is 70.1 Å². The molecule has 2 unspecified atom stereocenters. The molecule has 0 N–H and O–H groups in total. The number of rotatable bonds is 1. The van der Waals surface area contributed by atoms with E-state index in [1.165, 1.54) is 58.3 Å². The summed E-state index contributed by atoms with van der Waals surface area (Å²) in [5.74, 6) is 0.971. The fraction of sp³-hybridized carbons (Fsp3) is 1.00. The third-order valence-electron chi connectivity index (χ3n) is 5.46. The first kappa shape index (κ1) is 11.0. The maximum atomic E-state index is 2.82. The van der Waals surface area contributed by atoms with Gasteiger partial charge in [0.2, 0.25) is 0 Å². The van der Waals surface area contributed by atoms with Crippen LogP contribution >= 0.6 is 0 Å². The SMILES string of the molecule is CC1CCN(C2CCC23CCN(C)C3)CC1. The van der Waals surface area contributed by atoms with Crippen LogP contribution in [-0.4, -0.2) is 49.1 Å². The van der Waals surface area contributed by atoms with Crippen molar-refractivity contribution >= 4 is 0 Å². The molecular formula is C14H26N2. The smallest absolute Gasteiger partial charge is 0.0165 e. The lowest BCUT2D eigenvalue weighted by Gasteiger charge is -2.54. The summed E-state index contributed by atoms with van der Waals surface area (Å²) in [5, 5.41) is 0. The second-order valence-corrected chi connectivity index (χ2v) is 6.62. The van der Waals surface area contributed by atoms with Gasteiger partial charge in [-0.2, -0.15) is 0 Å². The lowest BCUT2D eigenvalue weighted by Crippen LogP contribution is -2.57. The van der Waals surface area contributed by atoms with Crippen LogP contribution in [0.3, 0.4) is 0 Å². The van der Waals surface area contributed by atoms with Crippen LogP contribution in [0.4, 0.5) is 0 Å². The summed E-state index contributed by atoms with van der Waals surface area (Å²) < 4.78 is 0. The lowest BCUT2D eigenvalue weighted by atomic mass is 9.62. The van der Waals surface area contributed by atoms with Crippen LogP contribution in [0.15, 0.2) is 0 Å². The van der Waals surface area contributed by atoms with E-state index in [0.29, 0.717) is 5.41 Å². The van der Waals surface area contributed by atoms with E-state index in [1.807, 2.05) is 0 Å². The maximum Gasteiger partial charge on any atom is 0.0165 e. The molecule has 0 radical (unpaired) electrons. The predicted molar refractivity (Wildman–Crippen MR) is 67.5 cm³/mol. The van der Waals surface area contributed by atoms with Gasteiger partial charge < -0.3 is 4.90 Å². The molecule has 2 saturated heterocycles. The largest absolute Gasteiger partial charge is 0.306 e. The zero-order valence-electron chi connectivity index (χ0n) is 10.9. The van der Waals surface area contributed by atoms with Crippen molar-refractivity contribution in [1.29, 1.82) is 0 Å². The number of nitrogens with zero attached hydrogens (tertiary/aromatic N) is 2. The van der Waals surface area contributed by atoms with Crippen molar-refractivity contribution in [3.8, 4) is 0 Å². The van der Waals surface area contributed by atoms with E-state index in [-0.39, 0.29) is 0 Å². The first-order chi connectivity index (χ1) is 7.70. The van der Waals surface area contributed by atoms with Crippen molar-refractivity contribution in [2.75, 3.05) is 33.2 Å². The molecule has 92 valence electrons. The Morgan fingerprint density at radius 2 is 1.75 bits per heavy atom. The van der Waals surface area contributed by atoms with E-state index in [2.05, 4.69) is 23.8 Å². The highest BCUT2D eigenvalue weighted by Crippen LogP contribution is 2.50. The Morgan fingerprint density at radius 3 is 2.25 bits per heavy atom. The van der Waals surface area contributed by atoms with Gasteiger partial charge in [-0.1, -0.05) is 6.92 Å². The second-order valence-electron chi connectivity index (χ2n) is 6.62. The van der Waals surface area contributed by atoms with Crippen molar-refractivity contribution in [2.24, 2.45) is 11.3 Å². The Balaban J connectivity index is 1.63. The average Bonchev–Trinajstić information content (AvgIpc) is 2.65. The minimum absolute atomic E-state index is 0.704. The van der Waals surface area contributed by atoms with E-state index in [1.54, 1.807) is 0 Å². The van der Waals surface area contributed by atoms with E-state index in [9.17, 15) is 0 Å². The molecule has 2 nitrogen and oxygen atoms in total. The molecule has 16 heavy (non-hydrogen) atoms. The Kier molecular flexibility index (Phi) is 2.75. The molecule has 2 atom stereocenters. The van der Waals surface area contributed by atoms with Gasteiger partial charge in [0.25, 0.3) is 0 Å². The summed E-state index contributed by atoms with van der Waals surface area (Å²) in [6.07, 6.45) is 7.29. The fourth-order valence-electron chi connectivity index (χ4n) is 4.18. The third-order valence-corrected chi connectivity index (χ3v) is 5.46. The van der Waals surface area contributed by atoms with Crippen molar-refractivity contribution < 1.29 is 0 Å². The van der Waals surface area contributed by atoms with E-state index in [4.69, 9.17) is 0 Å². The molecule has 2 heterocycles. The van der Waals surface area contributed by atoms with Gasteiger partial charge in [-0.15, -0.1) is 0 Å². The summed E-state index contributed by atoms with van der Waals surface area (Å²) in [6, 6.07) is 0.935. The van der Waals surface area contributed by atoms with Crippen molar-refractivity contribution in [2.45, 2.75) is 45.1 Å². The van der Waals surface area contributed by atoms with Crippen LogP contribution in [0.1, 0.15) is 39.0 Å². The van der Waals surface area contributed by atoms with Crippen LogP contribution in [0.5, 0.6) is 0 Å². The zero-order valence-corrected chi connectivity index (χ0v) is 10.9. The van der Waals surface area contributed by atoms with Crippen LogP contribution < -0.4 is 0 Å². The van der Waals surface area contributed by atoms with E-state index in [0.717, 1.165) is 12.0 Å². The van der Waals surface area contributed by atoms with Gasteiger partial charge in [0, 0.05) is 12.6 Å². The summed E-state index contributed by atoms with van der Waals surface area (Å²) in [7, 11) is 2.29. The molecule has 0 bridgehead atoms. The molecule has 1 spiro atoms. The fourth-order valence-corrected chi connectivity index (χ4v) is 4.18. The second kappa shape index (κ2) is 3.99. The first-order valence-electron chi connectivity index (χ1n) is 7.12. The number of likely N-dealkylation sites (tertiary alicyclic amines) is 2. The molecule has 0 amide bonds. The lowest BCUT2D eigenvalue weighted by molar-refractivity contribution is -0.0327. The Bertz CT molecular complexity index is 257. The minimum Gasteiger partial charge on any atom is -0.306 e. The third kappa shape index (κ3) is 1.70. The summed E-state index contributed by atoms with van der Waals surface area (Å²) >= 11 is 0. The molecular weight excluding hydrogens is 196 g/mol. The number of hydrogen-bond donors (Lipinski definition) is 0. The highest BCUT2D eigenvalue weighted by molar-refractivity contribution is 5.06. The quantitative estimate of drug-likeness (QED) is 0.671. The van der Waals surface area contributed by atoms with Gasteiger partial charge in [-0.25, -0.2) is 0 Å². The molecule has 3 aliphatic rings. The summed E-state index contributed by atoms with van der Waals surface area (Å²) in [4.78, 5) is 5.36. The first-order valence-corrected chi connectivity index (χ1v) is 7.12. The van der Waals surface area contributed by atoms with E-state index < -0.39 is 0 Å². The summed E-state index contributed by atoms with van der Waals surface area (Å²) in [6.45, 7) is 7.86. The Hall–Kier alpha value is -0.0800. The van der Waals surface area contributed by atoms with Gasteiger partial charge in [0.05, 0.1) is 0 Å². The topological polar surface area (TPSA) is 6.48 Å². The van der Waals surface area contributed by atoms with Gasteiger partial charge >= 0.3 is 0 Å². The predicted octanol–water partition coefficient (Wildman–Crippen LogP) is 2.20. The van der Waals surface area contributed by atoms with Crippen LogP contribution in [0, 0.1) is 11.3 Å². The monoisotopic (exact) mass is 222 g/mol. The zero-order chi connectivity index (χ0) is 11.2. The Labute approximate surface area is 100.0 Å². The molecule has 2 aliphatic heterocycles. The molecule has 3 fully saturated rings. The normalized spacial score (nSPS) is 42.8. The minimum atomic E-state index is 0.704. The van der Waals surface area contributed by atoms with Crippen LogP contribution in [0.2, 0.25) is 0 Å². The van der Waals surface area contributed by atoms with Crippen molar-refractivity contribution in [1.82, 2.24) is 9.80 Å². The highest BCUT2D eigenvalue weighted by Gasteiger charge is 2.52. The molecule has 1 saturated carbocycles. The number of piperidine rings is 1. The maximum absolute atomic E-state index is 2.82. The molecule has 0 aromatic carbocycles. The van der Waals surface area contributed by atoms with Gasteiger partial charge in [0.1, 0.15) is 0 Å². The molecule has 2 heteroatoms. The highest BCUT2D eigenvalue weighted by atomic mass is 15.2. The molecule has 3 rings (SSSR count).